The monoisotopic (exact) mass is 373 g/mol. The van der Waals surface area contributed by atoms with Gasteiger partial charge in [-0.05, 0) is 6.07 Å². The van der Waals surface area contributed by atoms with Gasteiger partial charge in [0.15, 0.2) is 5.65 Å². The van der Waals surface area contributed by atoms with Gasteiger partial charge in [0.25, 0.3) is 11.8 Å². The third-order valence-electron chi connectivity index (χ3n) is 4.10. The Hall–Kier alpha value is -2.71. The van der Waals surface area contributed by atoms with E-state index in [-0.39, 0.29) is 12.0 Å². The highest BCUT2D eigenvalue weighted by atomic mass is 35.5. The zero-order valence-electron chi connectivity index (χ0n) is 14.0. The molecule has 0 aromatic carbocycles. The number of aromatic nitrogens is 4. The number of nitrogens with zero attached hydrogens (tertiary/aromatic N) is 4. The minimum atomic E-state index is -0.213. The minimum Gasteiger partial charge on any atom is -0.470 e. The van der Waals surface area contributed by atoms with Gasteiger partial charge in [0.2, 0.25) is 0 Å². The van der Waals surface area contributed by atoms with E-state index in [0.29, 0.717) is 46.6 Å². The van der Waals surface area contributed by atoms with E-state index in [1.807, 2.05) is 0 Å². The summed E-state index contributed by atoms with van der Waals surface area (Å²) < 4.78 is 12.8. The average Bonchev–Trinajstić information content (AvgIpc) is 3.31. The molecule has 0 saturated carbocycles. The molecule has 0 radical (unpaired) electrons. The molecule has 1 N–H and O–H groups in total. The van der Waals surface area contributed by atoms with Crippen molar-refractivity contribution in [2.45, 2.75) is 12.5 Å². The molecule has 1 saturated heterocycles. The number of rotatable bonds is 4. The first-order valence-corrected chi connectivity index (χ1v) is 8.49. The van der Waals surface area contributed by atoms with Crippen LogP contribution in [0.4, 0.5) is 0 Å². The summed E-state index contributed by atoms with van der Waals surface area (Å²) >= 11 is 6.28. The number of pyridine rings is 1. The summed E-state index contributed by atoms with van der Waals surface area (Å²) in [6.07, 6.45) is 5.54. The second-order valence-corrected chi connectivity index (χ2v) is 6.26. The molecule has 1 amide bonds. The number of carbonyl (C=O) groups excluding carboxylic acids is 1. The van der Waals surface area contributed by atoms with E-state index in [1.165, 1.54) is 6.20 Å². The van der Waals surface area contributed by atoms with Crippen molar-refractivity contribution in [1.82, 2.24) is 24.9 Å². The van der Waals surface area contributed by atoms with Crippen LogP contribution in [0.1, 0.15) is 16.8 Å². The fraction of sp³-hybridized carbons (Fsp3) is 0.294. The highest BCUT2D eigenvalue weighted by Gasteiger charge is 2.21. The number of ether oxygens (including phenoxy) is 2. The summed E-state index contributed by atoms with van der Waals surface area (Å²) in [6.45, 7) is 1.18. The molecule has 1 atom stereocenters. The van der Waals surface area contributed by atoms with E-state index in [1.54, 1.807) is 36.1 Å². The van der Waals surface area contributed by atoms with Crippen LogP contribution in [0.2, 0.25) is 5.02 Å². The molecule has 1 aliphatic heterocycles. The second-order valence-electron chi connectivity index (χ2n) is 5.86. The normalized spacial score (nSPS) is 16.8. The predicted octanol–water partition coefficient (Wildman–Crippen LogP) is 1.97. The number of nitrogens with one attached hydrogen (secondary N) is 1. The first-order chi connectivity index (χ1) is 12.7. The first-order valence-electron chi connectivity index (χ1n) is 8.12. The van der Waals surface area contributed by atoms with Gasteiger partial charge >= 0.3 is 0 Å². The van der Waals surface area contributed by atoms with Gasteiger partial charge in [-0.25, -0.2) is 9.50 Å². The lowest BCUT2D eigenvalue weighted by Crippen LogP contribution is -2.18. The molecule has 4 rings (SSSR count). The number of hydrogen-bond acceptors (Lipinski definition) is 6. The van der Waals surface area contributed by atoms with E-state index in [4.69, 9.17) is 21.1 Å². The summed E-state index contributed by atoms with van der Waals surface area (Å²) in [5.41, 5.74) is 2.42. The zero-order chi connectivity index (χ0) is 18.1. The molecule has 0 aliphatic carbocycles. The second kappa shape index (κ2) is 6.89. The molecule has 26 heavy (non-hydrogen) atoms. The molecule has 0 bridgehead atoms. The van der Waals surface area contributed by atoms with E-state index in [9.17, 15) is 4.79 Å². The summed E-state index contributed by atoms with van der Waals surface area (Å²) in [6, 6.07) is 3.43. The number of carbonyl (C=O) groups is 1. The number of halogens is 1. The van der Waals surface area contributed by atoms with E-state index < -0.39 is 0 Å². The molecule has 9 heteroatoms. The lowest BCUT2D eigenvalue weighted by Gasteiger charge is -2.12. The molecule has 134 valence electrons. The van der Waals surface area contributed by atoms with Crippen LogP contribution in [-0.2, 0) is 4.74 Å². The van der Waals surface area contributed by atoms with Gasteiger partial charge < -0.3 is 14.8 Å². The summed E-state index contributed by atoms with van der Waals surface area (Å²) in [4.78, 5) is 20.3. The van der Waals surface area contributed by atoms with Gasteiger partial charge in [-0.15, -0.1) is 5.10 Å². The molecule has 0 spiro atoms. The molecule has 1 unspecified atom stereocenters. The molecular formula is C17H16ClN5O3. The molecular weight excluding hydrogens is 358 g/mol. The average molecular weight is 374 g/mol. The van der Waals surface area contributed by atoms with Crippen LogP contribution in [0.3, 0.4) is 0 Å². The number of imidazole rings is 1. The van der Waals surface area contributed by atoms with Crippen LogP contribution in [0.25, 0.3) is 16.9 Å². The lowest BCUT2D eigenvalue weighted by atomic mass is 10.1. The maximum atomic E-state index is 11.9. The van der Waals surface area contributed by atoms with Gasteiger partial charge in [-0.1, -0.05) is 11.6 Å². The van der Waals surface area contributed by atoms with Gasteiger partial charge in [-0.3, -0.25) is 9.78 Å². The van der Waals surface area contributed by atoms with Crippen molar-refractivity contribution >= 4 is 23.2 Å². The van der Waals surface area contributed by atoms with Crippen LogP contribution in [-0.4, -0.2) is 51.9 Å². The minimum absolute atomic E-state index is 0.0670. The van der Waals surface area contributed by atoms with E-state index in [0.717, 1.165) is 6.42 Å². The van der Waals surface area contributed by atoms with Crippen molar-refractivity contribution in [1.29, 1.82) is 0 Å². The summed E-state index contributed by atoms with van der Waals surface area (Å²) in [5.74, 6) is 0.110. The van der Waals surface area contributed by atoms with Crippen molar-refractivity contribution in [3.05, 3.63) is 41.3 Å². The number of amides is 1. The van der Waals surface area contributed by atoms with Crippen molar-refractivity contribution < 1.29 is 14.3 Å². The predicted molar refractivity (Wildman–Crippen MR) is 94.5 cm³/mol. The highest BCUT2D eigenvalue weighted by Crippen LogP contribution is 2.28. The maximum Gasteiger partial charge on any atom is 0.252 e. The van der Waals surface area contributed by atoms with Crippen LogP contribution in [0, 0.1) is 0 Å². The van der Waals surface area contributed by atoms with Crippen LogP contribution < -0.4 is 10.1 Å². The standard InChI is InChI=1S/C17H16ClN5O3/c1-19-16(24)11-4-10(6-20-7-11)14-8-21-15-5-13(18)17(22-23(14)15)26-12-2-3-25-9-12/h4-8,12H,2-3,9H2,1H3,(H,19,24). The Labute approximate surface area is 154 Å². The van der Waals surface area contributed by atoms with Gasteiger partial charge in [-0.2, -0.15) is 0 Å². The quantitative estimate of drug-likeness (QED) is 0.752. The van der Waals surface area contributed by atoms with Crippen molar-refractivity contribution in [2.24, 2.45) is 0 Å². The smallest absolute Gasteiger partial charge is 0.252 e. The fourth-order valence-corrected chi connectivity index (χ4v) is 2.95. The fourth-order valence-electron chi connectivity index (χ4n) is 2.77. The molecule has 4 heterocycles. The lowest BCUT2D eigenvalue weighted by molar-refractivity contribution is 0.0962. The Morgan fingerprint density at radius 3 is 3.04 bits per heavy atom. The van der Waals surface area contributed by atoms with E-state index in [2.05, 4.69) is 20.4 Å². The molecule has 1 aliphatic rings. The Morgan fingerprint density at radius 1 is 1.38 bits per heavy atom. The molecule has 8 nitrogen and oxygen atoms in total. The molecule has 3 aromatic heterocycles. The van der Waals surface area contributed by atoms with Gasteiger partial charge in [0.1, 0.15) is 11.1 Å². The van der Waals surface area contributed by atoms with Gasteiger partial charge in [0, 0.05) is 37.5 Å². The van der Waals surface area contributed by atoms with Crippen molar-refractivity contribution in [3.63, 3.8) is 0 Å². The Kier molecular flexibility index (Phi) is 4.44. The Balaban J connectivity index is 1.75. The highest BCUT2D eigenvalue weighted by molar-refractivity contribution is 6.32. The molecule has 3 aromatic rings. The number of fused-ring (bicyclic) bond motifs is 1. The van der Waals surface area contributed by atoms with Crippen molar-refractivity contribution in [2.75, 3.05) is 20.3 Å². The number of hydrogen-bond donors (Lipinski definition) is 1. The van der Waals surface area contributed by atoms with Crippen LogP contribution in [0.15, 0.2) is 30.7 Å². The summed E-state index contributed by atoms with van der Waals surface area (Å²) in [7, 11) is 1.57. The van der Waals surface area contributed by atoms with E-state index >= 15 is 0 Å². The Bertz CT molecular complexity index is 968. The SMILES string of the molecule is CNC(=O)c1cncc(-c2cnc3cc(Cl)c(OC4CCOC4)nn23)c1. The summed E-state index contributed by atoms with van der Waals surface area (Å²) in [5, 5.41) is 7.45. The third-order valence-corrected chi connectivity index (χ3v) is 4.38. The third kappa shape index (κ3) is 3.09. The maximum absolute atomic E-state index is 11.9. The van der Waals surface area contributed by atoms with Crippen LogP contribution in [0.5, 0.6) is 5.88 Å². The first kappa shape index (κ1) is 16.7. The van der Waals surface area contributed by atoms with Gasteiger partial charge in [0.05, 0.1) is 30.7 Å². The topological polar surface area (TPSA) is 90.6 Å². The Morgan fingerprint density at radius 2 is 2.27 bits per heavy atom. The largest absolute Gasteiger partial charge is 0.470 e. The molecule has 1 fully saturated rings. The van der Waals surface area contributed by atoms with Crippen LogP contribution >= 0.6 is 11.6 Å². The zero-order valence-corrected chi connectivity index (χ0v) is 14.7. The van der Waals surface area contributed by atoms with Crippen molar-refractivity contribution in [3.8, 4) is 17.1 Å².